The predicted molar refractivity (Wildman–Crippen MR) is 327 cm³/mol. The topological polar surface area (TPSA) is 34.5 Å². The fraction of sp³-hybridized carbons (Fsp3) is 0. The van der Waals surface area contributed by atoms with Crippen molar-refractivity contribution in [1.82, 2.24) is 4.57 Å². The smallest absolute Gasteiger partial charge is 0.249 e. The molecule has 0 N–H and O–H groups in total. The van der Waals surface area contributed by atoms with Crippen LogP contribution in [0.4, 0.5) is 17.1 Å². The lowest BCUT2D eigenvalue weighted by atomic mass is 9.34. The monoisotopic (exact) mass is 1010 g/mol. The van der Waals surface area contributed by atoms with Crippen molar-refractivity contribution in [2.45, 2.75) is 9.79 Å². The molecule has 362 valence electrons. The summed E-state index contributed by atoms with van der Waals surface area (Å²) in [6, 6.07) is 95.8. The maximum Gasteiger partial charge on any atom is 0.249 e. The first-order chi connectivity index (χ1) is 38.7. The molecule has 0 saturated carbocycles. The van der Waals surface area contributed by atoms with Crippen LogP contribution in [0.1, 0.15) is 0 Å². The molecule has 0 amide bonds. The summed E-state index contributed by atoms with van der Waals surface area (Å²) in [6.45, 7) is -0.0718. The van der Waals surface area contributed by atoms with E-state index < -0.39 is 0 Å². The number of hydrogen-bond acceptors (Lipinski definition) is 4. The van der Waals surface area contributed by atoms with Gasteiger partial charge in [0.2, 0.25) is 6.71 Å². The highest BCUT2D eigenvalue weighted by Gasteiger charge is 2.43. The molecule has 6 heteroatoms. The van der Waals surface area contributed by atoms with E-state index in [4.69, 9.17) is 8.83 Å². The summed E-state index contributed by atoms with van der Waals surface area (Å²) in [5.74, 6) is 0. The average Bonchev–Trinajstić information content (AvgIpc) is 4.30. The van der Waals surface area contributed by atoms with Crippen molar-refractivity contribution in [1.29, 1.82) is 0 Å². The Morgan fingerprint density at radius 1 is 0.321 bits per heavy atom. The summed E-state index contributed by atoms with van der Waals surface area (Å²) in [6.07, 6.45) is 0. The van der Waals surface area contributed by atoms with Crippen LogP contribution in [0.2, 0.25) is 0 Å². The van der Waals surface area contributed by atoms with Crippen LogP contribution in [0.5, 0.6) is 0 Å². The van der Waals surface area contributed by atoms with Gasteiger partial charge in [0.1, 0.15) is 22.3 Å². The fourth-order valence-electron chi connectivity index (χ4n) is 13.0. The normalized spacial score (nSPS) is 12.8. The first-order valence-electron chi connectivity index (χ1n) is 26.7. The van der Waals surface area contributed by atoms with Crippen molar-refractivity contribution in [2.75, 3.05) is 4.90 Å². The van der Waals surface area contributed by atoms with Gasteiger partial charge in [0.15, 0.2) is 0 Å². The SMILES string of the molecule is c1ccc(-c2cccc(-c3ccccc3)c2N2c3cc(-c4ccc5oc6ccccc6c5c4)ccc3B3c4ccc(-c5ccc6oc7ccccc7c6c5)cc4Sc4cc(-n5c6ccccc6c6ccccc65)cc2c43)cc1. The lowest BCUT2D eigenvalue weighted by Crippen LogP contribution is -2.60. The number of hydrogen-bond donors (Lipinski definition) is 0. The number of benzene rings is 12. The summed E-state index contributed by atoms with van der Waals surface area (Å²) in [4.78, 5) is 5.13. The van der Waals surface area contributed by atoms with Gasteiger partial charge in [-0.05, 0) is 117 Å². The highest BCUT2D eigenvalue weighted by atomic mass is 32.2. The van der Waals surface area contributed by atoms with Gasteiger partial charge in [-0.1, -0.05) is 205 Å². The Labute approximate surface area is 454 Å². The van der Waals surface area contributed by atoms with Crippen molar-refractivity contribution >= 4 is 118 Å². The van der Waals surface area contributed by atoms with Crippen molar-refractivity contribution < 1.29 is 8.83 Å². The highest BCUT2D eigenvalue weighted by molar-refractivity contribution is 8.00. The van der Waals surface area contributed by atoms with E-state index in [1.807, 2.05) is 23.9 Å². The zero-order chi connectivity index (χ0) is 51.0. The van der Waals surface area contributed by atoms with E-state index in [0.717, 1.165) is 106 Å². The minimum absolute atomic E-state index is 0.0718. The van der Waals surface area contributed by atoms with Gasteiger partial charge in [0.05, 0.1) is 16.7 Å². The number of nitrogens with zero attached hydrogens (tertiary/aromatic N) is 2. The molecular weight excluding hydrogens is 968 g/mol. The standard InChI is InChI=1S/C72H43BN2O2S/c1-3-16-44(17-4-1)51-24-15-25-52(45-18-5-2-6-19-45)72(51)75-63-40-48(46-32-36-67-57(38-46)55-22-9-13-28-65(55)76-67)30-34-59(63)73-60-35-31-49(47-33-37-68-58(39-47)56-23-10-14-29-66(56)77-68)41-69(60)78-70-43-50(42-64(75)71(70)73)74-61-26-11-7-20-53(61)54-21-8-12-27-62(54)74/h1-43H. The number of rotatable bonds is 6. The van der Waals surface area contributed by atoms with E-state index in [0.29, 0.717) is 0 Å². The molecule has 2 aliphatic heterocycles. The summed E-state index contributed by atoms with van der Waals surface area (Å²) >= 11 is 1.90. The second-order valence-electron chi connectivity index (χ2n) is 20.7. The largest absolute Gasteiger partial charge is 0.456 e. The van der Waals surface area contributed by atoms with Crippen LogP contribution in [0.3, 0.4) is 0 Å². The van der Waals surface area contributed by atoms with Crippen LogP contribution in [-0.4, -0.2) is 11.3 Å². The van der Waals surface area contributed by atoms with Gasteiger partial charge in [-0.2, -0.15) is 0 Å². The molecule has 17 rings (SSSR count). The Hall–Kier alpha value is -9.75. The van der Waals surface area contributed by atoms with Crippen molar-refractivity contribution in [3.63, 3.8) is 0 Å². The van der Waals surface area contributed by atoms with E-state index in [-0.39, 0.29) is 6.71 Å². The second-order valence-corrected chi connectivity index (χ2v) is 21.8. The molecule has 15 aromatic rings. The molecule has 0 spiro atoms. The molecule has 4 nitrogen and oxygen atoms in total. The molecule has 0 atom stereocenters. The summed E-state index contributed by atoms with van der Waals surface area (Å²) in [5.41, 5.74) is 23.6. The zero-order valence-corrected chi connectivity index (χ0v) is 42.8. The van der Waals surface area contributed by atoms with Gasteiger partial charge in [-0.3, -0.25) is 0 Å². The summed E-state index contributed by atoms with van der Waals surface area (Å²) < 4.78 is 15.2. The number of fused-ring (bicyclic) bond motifs is 13. The van der Waals surface area contributed by atoms with E-state index in [2.05, 4.69) is 258 Å². The van der Waals surface area contributed by atoms with Gasteiger partial charge in [0.25, 0.3) is 0 Å². The minimum Gasteiger partial charge on any atom is -0.456 e. The molecule has 0 bridgehead atoms. The Bertz CT molecular complexity index is 4860. The highest BCUT2D eigenvalue weighted by Crippen LogP contribution is 2.51. The van der Waals surface area contributed by atoms with Crippen LogP contribution >= 0.6 is 11.8 Å². The molecule has 2 aliphatic rings. The molecule has 0 fully saturated rings. The van der Waals surface area contributed by atoms with Crippen LogP contribution < -0.4 is 21.3 Å². The van der Waals surface area contributed by atoms with E-state index >= 15 is 0 Å². The Morgan fingerprint density at radius 3 is 1.41 bits per heavy atom. The Morgan fingerprint density at radius 2 is 0.808 bits per heavy atom. The maximum atomic E-state index is 6.39. The first-order valence-corrected chi connectivity index (χ1v) is 27.5. The molecule has 12 aromatic carbocycles. The van der Waals surface area contributed by atoms with Gasteiger partial charge in [0, 0.05) is 70.3 Å². The van der Waals surface area contributed by atoms with E-state index in [1.165, 1.54) is 53.5 Å². The summed E-state index contributed by atoms with van der Waals surface area (Å²) in [7, 11) is 0. The zero-order valence-electron chi connectivity index (χ0n) is 42.0. The third kappa shape index (κ3) is 6.51. The lowest BCUT2D eigenvalue weighted by molar-refractivity contribution is 0.668. The third-order valence-electron chi connectivity index (χ3n) is 16.4. The van der Waals surface area contributed by atoms with Crippen LogP contribution in [0.25, 0.3) is 116 Å². The molecule has 78 heavy (non-hydrogen) atoms. The number of aromatic nitrogens is 1. The van der Waals surface area contributed by atoms with Gasteiger partial charge in [-0.15, -0.1) is 0 Å². The molecule has 5 heterocycles. The van der Waals surface area contributed by atoms with Crippen LogP contribution in [0.15, 0.2) is 279 Å². The van der Waals surface area contributed by atoms with Crippen molar-refractivity contribution in [3.05, 3.63) is 261 Å². The molecular formula is C72H43BN2O2S. The van der Waals surface area contributed by atoms with Crippen molar-refractivity contribution in [3.8, 4) is 50.2 Å². The molecule has 0 unspecified atom stereocenters. The maximum absolute atomic E-state index is 6.39. The van der Waals surface area contributed by atoms with E-state index in [9.17, 15) is 0 Å². The Balaban J connectivity index is 0.968. The van der Waals surface area contributed by atoms with Gasteiger partial charge in [-0.25, -0.2) is 0 Å². The summed E-state index contributed by atoms with van der Waals surface area (Å²) in [5, 5.41) is 6.95. The third-order valence-corrected chi connectivity index (χ3v) is 17.6. The van der Waals surface area contributed by atoms with Crippen LogP contribution in [-0.2, 0) is 0 Å². The first kappa shape index (κ1) is 43.5. The van der Waals surface area contributed by atoms with Crippen molar-refractivity contribution in [2.24, 2.45) is 0 Å². The molecule has 0 saturated heterocycles. The fourth-order valence-corrected chi connectivity index (χ4v) is 14.2. The Kier molecular flexibility index (Phi) is 9.41. The number of anilines is 3. The number of para-hydroxylation sites is 5. The quantitative estimate of drug-likeness (QED) is 0.156. The van der Waals surface area contributed by atoms with Gasteiger partial charge < -0.3 is 18.3 Å². The van der Waals surface area contributed by atoms with Crippen LogP contribution in [0, 0.1) is 0 Å². The second kappa shape index (κ2) is 16.9. The van der Waals surface area contributed by atoms with E-state index in [1.54, 1.807) is 0 Å². The molecule has 0 radical (unpaired) electrons. The lowest BCUT2D eigenvalue weighted by Gasteiger charge is -2.42. The molecule has 0 aliphatic carbocycles. The predicted octanol–water partition coefficient (Wildman–Crippen LogP) is 18.0. The van der Waals surface area contributed by atoms with Gasteiger partial charge >= 0.3 is 0 Å². The molecule has 3 aromatic heterocycles. The number of furan rings is 2. The minimum atomic E-state index is -0.0718. The average molecular weight is 1010 g/mol.